The van der Waals surface area contributed by atoms with Gasteiger partial charge in [-0.3, -0.25) is 10.1 Å². The molecule has 0 fully saturated rings. The van der Waals surface area contributed by atoms with Crippen molar-refractivity contribution in [3.8, 4) is 0 Å². The highest BCUT2D eigenvalue weighted by molar-refractivity contribution is 9.11. The van der Waals surface area contributed by atoms with Crippen LogP contribution in [-0.2, 0) is 0 Å². The predicted octanol–water partition coefficient (Wildman–Crippen LogP) is 2.98. The SMILES string of the molecule is Nc1c(Br)c(F)c(F)c(Br)c1[N+](=O)[O-]. The number of nitrogens with two attached hydrogens (primary N) is 1. The average molecular weight is 332 g/mol. The van der Waals surface area contributed by atoms with Gasteiger partial charge in [0.05, 0.1) is 9.40 Å². The molecule has 76 valence electrons. The fourth-order valence-corrected chi connectivity index (χ4v) is 1.71. The molecule has 0 saturated heterocycles. The normalized spacial score (nSPS) is 10.3. The topological polar surface area (TPSA) is 69.2 Å². The third kappa shape index (κ3) is 1.59. The maximum absolute atomic E-state index is 13.0. The first kappa shape index (κ1) is 11.3. The van der Waals surface area contributed by atoms with Gasteiger partial charge in [-0.25, -0.2) is 8.78 Å². The number of nitrogens with zero attached hydrogens (tertiary/aromatic N) is 1. The van der Waals surface area contributed by atoms with Gasteiger partial charge in [0.2, 0.25) is 0 Å². The third-order valence-corrected chi connectivity index (χ3v) is 2.96. The minimum absolute atomic E-state index is 0.454. The number of hydrogen-bond donors (Lipinski definition) is 1. The third-order valence-electron chi connectivity index (χ3n) is 1.46. The summed E-state index contributed by atoms with van der Waals surface area (Å²) in [5.41, 5.74) is 4.07. The van der Waals surface area contributed by atoms with E-state index in [-0.39, 0.29) is 0 Å². The van der Waals surface area contributed by atoms with Gasteiger partial charge in [-0.05, 0) is 31.9 Å². The molecular formula is C6H2Br2F2N2O2. The molecule has 0 atom stereocenters. The van der Waals surface area contributed by atoms with Crippen molar-refractivity contribution in [3.63, 3.8) is 0 Å². The lowest BCUT2D eigenvalue weighted by atomic mass is 10.2. The van der Waals surface area contributed by atoms with Crippen LogP contribution >= 0.6 is 31.9 Å². The molecular weight excluding hydrogens is 330 g/mol. The second-order valence-corrected chi connectivity index (χ2v) is 3.86. The molecule has 0 unspecified atom stereocenters. The molecule has 4 nitrogen and oxygen atoms in total. The van der Waals surface area contributed by atoms with Crippen molar-refractivity contribution in [3.05, 3.63) is 30.7 Å². The van der Waals surface area contributed by atoms with Crippen molar-refractivity contribution in [1.82, 2.24) is 0 Å². The molecule has 1 aromatic carbocycles. The summed E-state index contributed by atoms with van der Waals surface area (Å²) in [5.74, 6) is -2.61. The molecule has 0 aliphatic carbocycles. The summed E-state index contributed by atoms with van der Waals surface area (Å²) in [5, 5.41) is 10.4. The molecule has 0 spiro atoms. The highest BCUT2D eigenvalue weighted by Crippen LogP contribution is 2.40. The van der Waals surface area contributed by atoms with E-state index in [4.69, 9.17) is 5.73 Å². The van der Waals surface area contributed by atoms with E-state index in [1.165, 1.54) is 0 Å². The van der Waals surface area contributed by atoms with Crippen molar-refractivity contribution in [1.29, 1.82) is 0 Å². The lowest BCUT2D eigenvalue weighted by Crippen LogP contribution is -2.02. The first-order valence-electron chi connectivity index (χ1n) is 3.13. The van der Waals surface area contributed by atoms with Crippen LogP contribution in [0.2, 0.25) is 0 Å². The minimum Gasteiger partial charge on any atom is -0.392 e. The van der Waals surface area contributed by atoms with E-state index in [0.29, 0.717) is 0 Å². The summed E-state index contributed by atoms with van der Waals surface area (Å²) in [4.78, 5) is 9.55. The molecule has 1 rings (SSSR count). The van der Waals surface area contributed by atoms with Crippen LogP contribution in [0.15, 0.2) is 8.95 Å². The molecule has 1 aromatic rings. The molecule has 0 saturated carbocycles. The van der Waals surface area contributed by atoms with Gasteiger partial charge in [0, 0.05) is 0 Å². The Hall–Kier alpha value is -0.760. The largest absolute Gasteiger partial charge is 0.392 e. The first-order valence-corrected chi connectivity index (χ1v) is 4.72. The van der Waals surface area contributed by atoms with Gasteiger partial charge in [0.25, 0.3) is 0 Å². The van der Waals surface area contributed by atoms with Crippen molar-refractivity contribution < 1.29 is 13.7 Å². The molecule has 14 heavy (non-hydrogen) atoms. The summed E-state index contributed by atoms with van der Waals surface area (Å²) in [6, 6.07) is 0. The van der Waals surface area contributed by atoms with Gasteiger partial charge in [-0.15, -0.1) is 0 Å². The second-order valence-electron chi connectivity index (χ2n) is 2.28. The second kappa shape index (κ2) is 3.77. The highest BCUT2D eigenvalue weighted by atomic mass is 79.9. The Labute approximate surface area is 93.5 Å². The van der Waals surface area contributed by atoms with Crippen molar-refractivity contribution in [2.24, 2.45) is 0 Å². The quantitative estimate of drug-likeness (QED) is 0.283. The maximum Gasteiger partial charge on any atom is 0.310 e. The molecule has 0 aromatic heterocycles. The van der Waals surface area contributed by atoms with Crippen LogP contribution in [0.1, 0.15) is 0 Å². The molecule has 0 amide bonds. The minimum atomic E-state index is -1.35. The fraction of sp³-hybridized carbons (Fsp3) is 0. The summed E-state index contributed by atoms with van der Waals surface area (Å²) in [6.45, 7) is 0. The van der Waals surface area contributed by atoms with E-state index in [9.17, 15) is 18.9 Å². The molecule has 0 aliphatic rings. The van der Waals surface area contributed by atoms with Gasteiger partial charge >= 0.3 is 5.69 Å². The maximum atomic E-state index is 13.0. The average Bonchev–Trinajstić information content (AvgIpc) is 2.11. The Morgan fingerprint density at radius 2 is 1.64 bits per heavy atom. The van der Waals surface area contributed by atoms with Gasteiger partial charge in [-0.2, -0.15) is 0 Å². The summed E-state index contributed by atoms with van der Waals surface area (Å²) in [6.07, 6.45) is 0. The molecule has 0 aliphatic heterocycles. The molecule has 0 heterocycles. The highest BCUT2D eigenvalue weighted by Gasteiger charge is 2.27. The van der Waals surface area contributed by atoms with E-state index in [2.05, 4.69) is 31.9 Å². The van der Waals surface area contributed by atoms with Crippen molar-refractivity contribution >= 4 is 43.2 Å². The summed E-state index contributed by atoms with van der Waals surface area (Å²) >= 11 is 5.18. The number of nitro benzene ring substituents is 1. The number of halogens is 4. The Bertz CT molecular complexity index is 396. The number of hydrogen-bond acceptors (Lipinski definition) is 3. The zero-order valence-corrected chi connectivity index (χ0v) is 9.52. The monoisotopic (exact) mass is 330 g/mol. The molecule has 8 heteroatoms. The first-order chi connectivity index (χ1) is 6.37. The zero-order chi connectivity index (χ0) is 11.0. The molecule has 0 radical (unpaired) electrons. The number of rotatable bonds is 1. The molecule has 2 N–H and O–H groups in total. The molecule has 0 bridgehead atoms. The summed E-state index contributed by atoms with van der Waals surface area (Å²) < 4.78 is 24.9. The number of nitrogen functional groups attached to an aromatic ring is 1. The van der Waals surface area contributed by atoms with Crippen LogP contribution in [0.3, 0.4) is 0 Å². The Kier molecular flexibility index (Phi) is 3.05. The van der Waals surface area contributed by atoms with Crippen LogP contribution in [-0.4, -0.2) is 4.92 Å². The van der Waals surface area contributed by atoms with E-state index < -0.39 is 36.9 Å². The van der Waals surface area contributed by atoms with Crippen LogP contribution in [0.5, 0.6) is 0 Å². The van der Waals surface area contributed by atoms with Crippen LogP contribution in [0.4, 0.5) is 20.2 Å². The Morgan fingerprint density at radius 3 is 2.07 bits per heavy atom. The van der Waals surface area contributed by atoms with Gasteiger partial charge < -0.3 is 5.73 Å². The van der Waals surface area contributed by atoms with E-state index in [1.54, 1.807) is 0 Å². The number of benzene rings is 1. The van der Waals surface area contributed by atoms with Crippen LogP contribution in [0, 0.1) is 21.7 Å². The van der Waals surface area contributed by atoms with Crippen LogP contribution < -0.4 is 5.73 Å². The number of anilines is 1. The van der Waals surface area contributed by atoms with Crippen LogP contribution in [0.25, 0.3) is 0 Å². The predicted molar refractivity (Wildman–Crippen MR) is 52.8 cm³/mol. The van der Waals surface area contributed by atoms with Crippen molar-refractivity contribution in [2.75, 3.05) is 5.73 Å². The van der Waals surface area contributed by atoms with E-state index in [0.717, 1.165) is 0 Å². The zero-order valence-electron chi connectivity index (χ0n) is 6.35. The van der Waals surface area contributed by atoms with Gasteiger partial charge in [0.15, 0.2) is 11.6 Å². The summed E-state index contributed by atoms with van der Waals surface area (Å²) in [7, 11) is 0. The smallest absolute Gasteiger partial charge is 0.310 e. The lowest BCUT2D eigenvalue weighted by Gasteiger charge is -2.04. The Morgan fingerprint density at radius 1 is 1.21 bits per heavy atom. The fourth-order valence-electron chi connectivity index (χ4n) is 0.816. The van der Waals surface area contributed by atoms with Gasteiger partial charge in [0.1, 0.15) is 10.2 Å². The van der Waals surface area contributed by atoms with E-state index in [1.807, 2.05) is 0 Å². The van der Waals surface area contributed by atoms with Crippen molar-refractivity contribution in [2.45, 2.75) is 0 Å². The standard InChI is InChI=1S/C6H2Br2F2N2O2/c7-1-3(9)4(10)2(8)6(5(1)11)12(13)14/h11H2. The Balaban J connectivity index is 3.68. The lowest BCUT2D eigenvalue weighted by molar-refractivity contribution is -0.385. The van der Waals surface area contributed by atoms with E-state index >= 15 is 0 Å². The van der Waals surface area contributed by atoms with Gasteiger partial charge in [-0.1, -0.05) is 0 Å². The number of nitro groups is 1.